The molecule has 2 atom stereocenters. The van der Waals surface area contributed by atoms with E-state index in [1.54, 1.807) is 0 Å². The molecule has 2 rings (SSSR count). The monoisotopic (exact) mass is 275 g/mol. The molecule has 1 aliphatic rings. The van der Waals surface area contributed by atoms with Crippen LogP contribution in [0.1, 0.15) is 38.7 Å². The highest BCUT2D eigenvalue weighted by atomic mass is 16.3. The highest BCUT2D eigenvalue weighted by Crippen LogP contribution is 2.34. The first-order valence-corrected chi connectivity index (χ1v) is 7.57. The normalized spacial score (nSPS) is 17.8. The zero-order valence-electron chi connectivity index (χ0n) is 12.4. The van der Waals surface area contributed by atoms with E-state index < -0.39 is 6.10 Å². The van der Waals surface area contributed by atoms with Crippen LogP contribution in [0.3, 0.4) is 0 Å². The summed E-state index contributed by atoms with van der Waals surface area (Å²) in [5.74, 6) is 0.698. The van der Waals surface area contributed by atoms with Crippen molar-refractivity contribution in [3.05, 3.63) is 35.9 Å². The van der Waals surface area contributed by atoms with Gasteiger partial charge >= 0.3 is 0 Å². The van der Waals surface area contributed by atoms with E-state index in [1.165, 1.54) is 18.4 Å². The number of rotatable bonds is 7. The zero-order chi connectivity index (χ0) is 14.5. The second-order valence-corrected chi connectivity index (χ2v) is 6.22. The first kappa shape index (κ1) is 15.0. The fourth-order valence-electron chi connectivity index (χ4n) is 2.39. The van der Waals surface area contributed by atoms with Crippen molar-refractivity contribution in [2.75, 3.05) is 0 Å². The van der Waals surface area contributed by atoms with E-state index in [1.807, 2.05) is 32.0 Å². The summed E-state index contributed by atoms with van der Waals surface area (Å²) in [6.45, 7) is 3.86. The second kappa shape index (κ2) is 6.89. The van der Waals surface area contributed by atoms with Crippen molar-refractivity contribution in [1.82, 2.24) is 5.32 Å². The van der Waals surface area contributed by atoms with Gasteiger partial charge in [0.2, 0.25) is 5.91 Å². The molecule has 0 heterocycles. The molecule has 110 valence electrons. The molecule has 20 heavy (non-hydrogen) atoms. The molecule has 1 aliphatic carbocycles. The van der Waals surface area contributed by atoms with Gasteiger partial charge in [-0.2, -0.15) is 0 Å². The molecule has 0 aliphatic heterocycles. The summed E-state index contributed by atoms with van der Waals surface area (Å²) in [5, 5.41) is 12.9. The van der Waals surface area contributed by atoms with Crippen molar-refractivity contribution in [2.45, 2.75) is 51.7 Å². The smallest absolute Gasteiger partial charge is 0.222 e. The summed E-state index contributed by atoms with van der Waals surface area (Å²) >= 11 is 0. The molecule has 1 fully saturated rings. The number of hydrogen-bond donors (Lipinski definition) is 2. The zero-order valence-corrected chi connectivity index (χ0v) is 12.4. The molecule has 0 spiro atoms. The van der Waals surface area contributed by atoms with Crippen LogP contribution in [0.25, 0.3) is 0 Å². The first-order chi connectivity index (χ1) is 9.56. The SMILES string of the molecule is CC(C)C(O)CC(=O)NC(Cc1ccccc1)C1CC1. The van der Waals surface area contributed by atoms with Gasteiger partial charge in [-0.1, -0.05) is 44.2 Å². The molecule has 3 nitrogen and oxygen atoms in total. The highest BCUT2D eigenvalue weighted by Gasteiger charge is 2.32. The van der Waals surface area contributed by atoms with Gasteiger partial charge in [-0.25, -0.2) is 0 Å². The Labute approximate surface area is 121 Å². The Morgan fingerprint density at radius 1 is 1.30 bits per heavy atom. The van der Waals surface area contributed by atoms with Gasteiger partial charge in [-0.15, -0.1) is 0 Å². The maximum atomic E-state index is 12.0. The van der Waals surface area contributed by atoms with Crippen LogP contribution in [0.2, 0.25) is 0 Å². The van der Waals surface area contributed by atoms with Crippen LogP contribution in [0.4, 0.5) is 0 Å². The van der Waals surface area contributed by atoms with Crippen LogP contribution in [0.15, 0.2) is 30.3 Å². The fourth-order valence-corrected chi connectivity index (χ4v) is 2.39. The van der Waals surface area contributed by atoms with Crippen molar-refractivity contribution in [3.8, 4) is 0 Å². The van der Waals surface area contributed by atoms with E-state index in [9.17, 15) is 9.90 Å². The highest BCUT2D eigenvalue weighted by molar-refractivity contribution is 5.76. The van der Waals surface area contributed by atoms with Gasteiger partial charge in [0.1, 0.15) is 0 Å². The molecule has 1 saturated carbocycles. The summed E-state index contributed by atoms with van der Waals surface area (Å²) in [6.07, 6.45) is 2.94. The molecule has 0 bridgehead atoms. The van der Waals surface area contributed by atoms with Crippen molar-refractivity contribution in [3.63, 3.8) is 0 Å². The second-order valence-electron chi connectivity index (χ2n) is 6.22. The number of carbonyl (C=O) groups excluding carboxylic acids is 1. The Morgan fingerprint density at radius 3 is 2.50 bits per heavy atom. The van der Waals surface area contributed by atoms with Crippen LogP contribution in [-0.4, -0.2) is 23.2 Å². The predicted molar refractivity (Wildman–Crippen MR) is 80.3 cm³/mol. The Balaban J connectivity index is 1.88. The van der Waals surface area contributed by atoms with Gasteiger partial charge < -0.3 is 10.4 Å². The third kappa shape index (κ3) is 4.64. The van der Waals surface area contributed by atoms with Gasteiger partial charge in [-0.3, -0.25) is 4.79 Å². The molecule has 0 aromatic heterocycles. The molecule has 0 radical (unpaired) electrons. The lowest BCUT2D eigenvalue weighted by Crippen LogP contribution is -2.40. The van der Waals surface area contributed by atoms with Crippen molar-refractivity contribution < 1.29 is 9.90 Å². The van der Waals surface area contributed by atoms with Gasteiger partial charge in [0.05, 0.1) is 12.5 Å². The van der Waals surface area contributed by atoms with Crippen molar-refractivity contribution in [2.24, 2.45) is 11.8 Å². The minimum Gasteiger partial charge on any atom is -0.392 e. The first-order valence-electron chi connectivity index (χ1n) is 7.57. The number of benzene rings is 1. The average molecular weight is 275 g/mol. The predicted octanol–water partition coefficient (Wildman–Crippen LogP) is 2.53. The van der Waals surface area contributed by atoms with E-state index >= 15 is 0 Å². The molecule has 1 aromatic carbocycles. The molecular weight excluding hydrogens is 250 g/mol. The van der Waals surface area contributed by atoms with Gasteiger partial charge in [0.25, 0.3) is 0 Å². The van der Waals surface area contributed by atoms with Crippen LogP contribution in [0, 0.1) is 11.8 Å². The van der Waals surface area contributed by atoms with Crippen molar-refractivity contribution in [1.29, 1.82) is 0 Å². The van der Waals surface area contributed by atoms with Gasteiger partial charge in [0.15, 0.2) is 0 Å². The maximum absolute atomic E-state index is 12.0. The third-order valence-corrected chi connectivity index (χ3v) is 4.00. The van der Waals surface area contributed by atoms with Crippen molar-refractivity contribution >= 4 is 5.91 Å². The van der Waals surface area contributed by atoms with Crippen LogP contribution >= 0.6 is 0 Å². The quantitative estimate of drug-likeness (QED) is 0.803. The van der Waals surface area contributed by atoms with Gasteiger partial charge in [0, 0.05) is 6.04 Å². The average Bonchev–Trinajstić information content (AvgIpc) is 3.23. The standard InChI is InChI=1S/C17H25NO2/c1-12(2)16(19)11-17(20)18-15(14-8-9-14)10-13-6-4-3-5-7-13/h3-7,12,14-16,19H,8-11H2,1-2H3,(H,18,20). The number of carbonyl (C=O) groups is 1. The van der Waals surface area contributed by atoms with Gasteiger partial charge in [-0.05, 0) is 36.7 Å². The molecule has 1 aromatic rings. The van der Waals surface area contributed by atoms with Crippen LogP contribution in [-0.2, 0) is 11.2 Å². The molecular formula is C17H25NO2. The number of aliphatic hydroxyl groups excluding tert-OH is 1. The van der Waals surface area contributed by atoms with E-state index in [2.05, 4.69) is 17.4 Å². The summed E-state index contributed by atoms with van der Waals surface area (Å²) < 4.78 is 0. The number of nitrogens with one attached hydrogen (secondary N) is 1. The lowest BCUT2D eigenvalue weighted by Gasteiger charge is -2.20. The van der Waals surface area contributed by atoms with E-state index in [-0.39, 0.29) is 24.3 Å². The van der Waals surface area contributed by atoms with Crippen LogP contribution in [0.5, 0.6) is 0 Å². The van der Waals surface area contributed by atoms with E-state index in [0.717, 1.165) is 6.42 Å². The summed E-state index contributed by atoms with van der Waals surface area (Å²) in [6, 6.07) is 10.5. The molecule has 0 saturated heterocycles. The number of hydrogen-bond acceptors (Lipinski definition) is 2. The Hall–Kier alpha value is -1.35. The number of amides is 1. The molecule has 2 unspecified atom stereocenters. The summed E-state index contributed by atoms with van der Waals surface area (Å²) in [7, 11) is 0. The van der Waals surface area contributed by atoms with E-state index in [0.29, 0.717) is 5.92 Å². The Kier molecular flexibility index (Phi) is 5.18. The minimum absolute atomic E-state index is 0.0287. The van der Waals surface area contributed by atoms with E-state index in [4.69, 9.17) is 0 Å². The molecule has 2 N–H and O–H groups in total. The largest absolute Gasteiger partial charge is 0.392 e. The fraction of sp³-hybridized carbons (Fsp3) is 0.588. The Bertz CT molecular complexity index is 426. The molecule has 3 heteroatoms. The van der Waals surface area contributed by atoms with Crippen LogP contribution < -0.4 is 5.32 Å². The number of aliphatic hydroxyl groups is 1. The lowest BCUT2D eigenvalue weighted by atomic mass is 10.0. The topological polar surface area (TPSA) is 49.3 Å². The Morgan fingerprint density at radius 2 is 1.95 bits per heavy atom. The molecule has 1 amide bonds. The summed E-state index contributed by atoms with van der Waals surface area (Å²) in [5.41, 5.74) is 1.26. The summed E-state index contributed by atoms with van der Waals surface area (Å²) in [4.78, 5) is 12.0. The minimum atomic E-state index is -0.549. The maximum Gasteiger partial charge on any atom is 0.222 e. The lowest BCUT2D eigenvalue weighted by molar-refractivity contribution is -0.124. The third-order valence-electron chi connectivity index (χ3n) is 4.00.